The van der Waals surface area contributed by atoms with E-state index in [0.29, 0.717) is 18.1 Å². The van der Waals surface area contributed by atoms with E-state index in [2.05, 4.69) is 10.0 Å². The first kappa shape index (κ1) is 22.2. The van der Waals surface area contributed by atoms with Crippen molar-refractivity contribution in [3.63, 3.8) is 0 Å². The Morgan fingerprint density at radius 1 is 1.33 bits per heavy atom. The van der Waals surface area contributed by atoms with Gasteiger partial charge in [0.05, 0.1) is 12.4 Å². The minimum atomic E-state index is -3.57. The van der Waals surface area contributed by atoms with Crippen molar-refractivity contribution in [3.05, 3.63) is 41.7 Å². The van der Waals surface area contributed by atoms with Crippen LogP contribution in [0.2, 0.25) is 0 Å². The highest BCUT2D eigenvalue weighted by atomic mass is 32.2. The summed E-state index contributed by atoms with van der Waals surface area (Å²) in [4.78, 5) is 23.8. The lowest BCUT2D eigenvalue weighted by Gasteiger charge is -2.16. The normalized spacial score (nSPS) is 18.1. The van der Waals surface area contributed by atoms with Crippen LogP contribution in [0.5, 0.6) is 5.75 Å². The Hall–Kier alpha value is -2.46. The van der Waals surface area contributed by atoms with Gasteiger partial charge in [-0.15, -0.1) is 0 Å². The van der Waals surface area contributed by atoms with Crippen LogP contribution >= 0.6 is 0 Å². The van der Waals surface area contributed by atoms with E-state index in [1.165, 1.54) is 23.1 Å². The fourth-order valence-electron chi connectivity index (χ4n) is 2.96. The third-order valence-electron chi connectivity index (χ3n) is 4.90. The molecule has 10 heteroatoms. The molecule has 1 aromatic rings. The summed E-state index contributed by atoms with van der Waals surface area (Å²) >= 11 is 0. The molecule has 2 aliphatic rings. The number of hydrogen-bond acceptors (Lipinski definition) is 5. The second-order valence-corrected chi connectivity index (χ2v) is 9.47. The zero-order valence-electron chi connectivity index (χ0n) is 16.8. The van der Waals surface area contributed by atoms with Crippen LogP contribution in [0.3, 0.4) is 0 Å². The molecule has 0 aromatic heterocycles. The number of urea groups is 1. The zero-order chi connectivity index (χ0) is 21.7. The molecule has 2 N–H and O–H groups in total. The molecule has 1 aliphatic heterocycles. The van der Waals surface area contributed by atoms with Crippen molar-refractivity contribution < 1.29 is 27.1 Å². The maximum absolute atomic E-state index is 13.9. The number of sulfonamides is 1. The predicted molar refractivity (Wildman–Crippen MR) is 109 cm³/mol. The molecule has 1 saturated carbocycles. The van der Waals surface area contributed by atoms with Gasteiger partial charge in [-0.2, -0.15) is 0 Å². The van der Waals surface area contributed by atoms with Gasteiger partial charge in [-0.05, 0) is 49.8 Å². The second-order valence-electron chi connectivity index (χ2n) is 7.60. The quantitative estimate of drug-likeness (QED) is 0.406. The summed E-state index contributed by atoms with van der Waals surface area (Å²) in [6, 6.07) is 3.36. The van der Waals surface area contributed by atoms with E-state index >= 15 is 0 Å². The summed E-state index contributed by atoms with van der Waals surface area (Å²) in [6.45, 7) is 2.40. The van der Waals surface area contributed by atoms with Crippen LogP contribution in [0, 0.1) is 11.7 Å². The highest BCUT2D eigenvalue weighted by molar-refractivity contribution is 7.89. The third-order valence-corrected chi connectivity index (χ3v) is 6.38. The number of carbonyl (C=O) groups excluding carboxylic acids is 2. The molecule has 1 aliphatic carbocycles. The number of amides is 3. The highest BCUT2D eigenvalue weighted by Crippen LogP contribution is 2.31. The van der Waals surface area contributed by atoms with E-state index in [0.717, 1.165) is 12.8 Å². The molecule has 8 nitrogen and oxygen atoms in total. The van der Waals surface area contributed by atoms with Gasteiger partial charge < -0.3 is 9.64 Å². The molecule has 30 heavy (non-hydrogen) atoms. The number of imide groups is 1. The van der Waals surface area contributed by atoms with Gasteiger partial charge in [0, 0.05) is 12.6 Å². The van der Waals surface area contributed by atoms with Crippen LogP contribution in [0.1, 0.15) is 37.8 Å². The van der Waals surface area contributed by atoms with Gasteiger partial charge >= 0.3 is 6.03 Å². The van der Waals surface area contributed by atoms with Crippen molar-refractivity contribution in [1.29, 1.82) is 0 Å². The topological polar surface area (TPSA) is 105 Å². The number of nitrogens with one attached hydrogen (secondary N) is 2. The fraction of sp³-hybridized carbons (Fsp3) is 0.500. The molecule has 0 bridgehead atoms. The van der Waals surface area contributed by atoms with E-state index in [1.807, 2.05) is 0 Å². The number of rotatable bonds is 11. The Kier molecular flexibility index (Phi) is 7.09. The Morgan fingerprint density at radius 3 is 2.77 bits per heavy atom. The third kappa shape index (κ3) is 6.53. The number of hydrogen-bond donors (Lipinski definition) is 2. The van der Waals surface area contributed by atoms with Gasteiger partial charge in [0.1, 0.15) is 6.54 Å². The first-order valence-corrected chi connectivity index (χ1v) is 11.5. The maximum Gasteiger partial charge on any atom is 0.324 e. The Morgan fingerprint density at radius 2 is 2.10 bits per heavy atom. The van der Waals surface area contributed by atoms with Gasteiger partial charge in [-0.3, -0.25) is 10.1 Å². The van der Waals surface area contributed by atoms with Crippen LogP contribution in [-0.2, 0) is 14.8 Å². The van der Waals surface area contributed by atoms with E-state index in [-0.39, 0.29) is 36.9 Å². The Bertz CT molecular complexity index is 930. The summed E-state index contributed by atoms with van der Waals surface area (Å²) in [5.41, 5.74) is 0.617. The summed E-state index contributed by atoms with van der Waals surface area (Å²) in [5, 5.41) is 2.17. The first-order valence-electron chi connectivity index (χ1n) is 9.89. The monoisotopic (exact) mass is 439 g/mol. The lowest BCUT2D eigenvalue weighted by molar-refractivity contribution is -0.118. The molecule has 3 rings (SSSR count). The first-order chi connectivity index (χ1) is 14.2. The second kappa shape index (κ2) is 9.57. The van der Waals surface area contributed by atoms with Crippen LogP contribution in [-0.4, -0.2) is 50.7 Å². The summed E-state index contributed by atoms with van der Waals surface area (Å²) in [5.74, 6) is -0.329. The minimum absolute atomic E-state index is 0.00453. The van der Waals surface area contributed by atoms with Gasteiger partial charge in [-0.25, -0.2) is 22.3 Å². The number of allylic oxidation sites excluding steroid dienone is 1. The van der Waals surface area contributed by atoms with Gasteiger partial charge in [0.25, 0.3) is 0 Å². The standard InChI is InChI=1S/C20H26FN3O5S/c1-14(16-7-8-17(21)18(11-16)29-13-15-5-6-15)23-30(27,28)10-4-2-3-9-24-12-19(25)22-20(24)26/h2-3,7-8,11,14-15,23H,4-6,9-10,12-13H2,1H3,(H,22,25,26)/b3-2+/t14-/m1/s1. The van der Waals surface area contributed by atoms with Crippen molar-refractivity contribution in [3.8, 4) is 5.75 Å². The van der Waals surface area contributed by atoms with E-state index in [1.54, 1.807) is 19.1 Å². The molecule has 164 valence electrons. The minimum Gasteiger partial charge on any atom is -0.490 e. The van der Waals surface area contributed by atoms with Crippen molar-refractivity contribution >= 4 is 22.0 Å². The molecule has 0 radical (unpaired) electrons. The Balaban J connectivity index is 1.47. The summed E-state index contributed by atoms with van der Waals surface area (Å²) in [6.07, 6.45) is 5.75. The molecule has 1 aromatic carbocycles. The molecule has 2 fully saturated rings. The maximum atomic E-state index is 13.9. The van der Waals surface area contributed by atoms with Gasteiger partial charge in [0.15, 0.2) is 11.6 Å². The van der Waals surface area contributed by atoms with Crippen LogP contribution in [0.15, 0.2) is 30.4 Å². The van der Waals surface area contributed by atoms with Crippen molar-refractivity contribution in [2.45, 2.75) is 32.2 Å². The van der Waals surface area contributed by atoms with E-state index < -0.39 is 27.9 Å². The molecule has 0 unspecified atom stereocenters. The summed E-state index contributed by atoms with van der Waals surface area (Å²) < 4.78 is 46.7. The van der Waals surface area contributed by atoms with Crippen molar-refractivity contribution in [2.75, 3.05) is 25.4 Å². The number of carbonyl (C=O) groups is 2. The lowest BCUT2D eigenvalue weighted by Crippen LogP contribution is -2.29. The molecule has 1 atom stereocenters. The van der Waals surface area contributed by atoms with Crippen LogP contribution in [0.25, 0.3) is 0 Å². The molecule has 3 amide bonds. The number of halogens is 1. The average molecular weight is 440 g/mol. The van der Waals surface area contributed by atoms with E-state index in [4.69, 9.17) is 4.74 Å². The molecule has 1 saturated heterocycles. The Labute approximate surface area is 175 Å². The number of benzene rings is 1. The highest BCUT2D eigenvalue weighted by Gasteiger charge is 2.25. The van der Waals surface area contributed by atoms with Crippen LogP contribution < -0.4 is 14.8 Å². The van der Waals surface area contributed by atoms with Crippen molar-refractivity contribution in [1.82, 2.24) is 14.9 Å². The largest absolute Gasteiger partial charge is 0.490 e. The van der Waals surface area contributed by atoms with Gasteiger partial charge in [-0.1, -0.05) is 18.2 Å². The average Bonchev–Trinajstić information content (AvgIpc) is 3.44. The molecular weight excluding hydrogens is 413 g/mol. The summed E-state index contributed by atoms with van der Waals surface area (Å²) in [7, 11) is -3.57. The molecule has 0 spiro atoms. The SMILES string of the molecule is C[C@@H](NS(=O)(=O)CC/C=C/CN1CC(=O)NC1=O)c1ccc(F)c(OCC2CC2)c1. The lowest BCUT2D eigenvalue weighted by atomic mass is 10.1. The predicted octanol–water partition coefficient (Wildman–Crippen LogP) is 2.09. The smallest absolute Gasteiger partial charge is 0.324 e. The number of nitrogens with zero attached hydrogens (tertiary/aromatic N) is 1. The zero-order valence-corrected chi connectivity index (χ0v) is 17.6. The molecular formula is C20H26FN3O5S. The van der Waals surface area contributed by atoms with Gasteiger partial charge in [0.2, 0.25) is 15.9 Å². The fourth-order valence-corrected chi connectivity index (χ4v) is 4.20. The van der Waals surface area contributed by atoms with Crippen molar-refractivity contribution in [2.24, 2.45) is 5.92 Å². The molecule has 1 heterocycles. The van der Waals surface area contributed by atoms with Crippen LogP contribution in [0.4, 0.5) is 9.18 Å². The van der Waals surface area contributed by atoms with E-state index in [9.17, 15) is 22.4 Å². The number of ether oxygens (including phenoxy) is 1.